The number of rotatable bonds is 2. The highest BCUT2D eigenvalue weighted by atomic mass is 35.5. The molecule has 2 aromatic carbocycles. The van der Waals surface area contributed by atoms with E-state index in [-0.39, 0.29) is 5.91 Å². The predicted octanol–water partition coefficient (Wildman–Crippen LogP) is 6.29. The molecule has 5 rings (SSSR count). The molecular weight excluding hydrogens is 443 g/mol. The Morgan fingerprint density at radius 1 is 0.931 bits per heavy atom. The third-order valence-corrected chi connectivity index (χ3v) is 8.29. The first-order valence-electron chi connectivity index (χ1n) is 9.45. The Hall–Kier alpha value is -1.66. The highest BCUT2D eigenvalue weighted by Crippen LogP contribution is 2.45. The summed E-state index contributed by atoms with van der Waals surface area (Å²) in [5, 5.41) is 1.30. The average molecular weight is 461 g/mol. The molecular formula is C22H18Cl2N2OS2. The summed E-state index contributed by atoms with van der Waals surface area (Å²) >= 11 is 16.2. The zero-order valence-electron chi connectivity index (χ0n) is 15.5. The number of fused-ring (bicyclic) bond motifs is 3. The number of nitrogens with zero attached hydrogens (tertiary/aromatic N) is 2. The van der Waals surface area contributed by atoms with Crippen LogP contribution < -0.4 is 4.90 Å². The fraction of sp³-hybridized carbons (Fsp3) is 0.227. The highest BCUT2D eigenvalue weighted by Gasteiger charge is 2.27. The maximum atomic E-state index is 13.2. The smallest absolute Gasteiger partial charge is 0.264 e. The monoisotopic (exact) mass is 460 g/mol. The Labute approximate surface area is 188 Å². The first-order chi connectivity index (χ1) is 14.1. The lowest BCUT2D eigenvalue weighted by Gasteiger charge is -2.36. The molecule has 0 aliphatic carbocycles. The summed E-state index contributed by atoms with van der Waals surface area (Å²) in [4.78, 5) is 20.6. The third kappa shape index (κ3) is 3.55. The van der Waals surface area contributed by atoms with Crippen LogP contribution in [0.3, 0.4) is 0 Å². The molecule has 3 aromatic rings. The molecule has 2 aliphatic heterocycles. The number of amides is 1. The van der Waals surface area contributed by atoms with Crippen molar-refractivity contribution >= 4 is 57.9 Å². The number of hydrogen-bond donors (Lipinski definition) is 0. The van der Waals surface area contributed by atoms with E-state index in [0.717, 1.165) is 29.4 Å². The van der Waals surface area contributed by atoms with Gasteiger partial charge in [0.1, 0.15) is 0 Å². The Balaban J connectivity index is 1.33. The molecule has 0 unspecified atom stereocenters. The van der Waals surface area contributed by atoms with Gasteiger partial charge < -0.3 is 9.80 Å². The van der Waals surface area contributed by atoms with Gasteiger partial charge in [-0.15, -0.1) is 23.1 Å². The van der Waals surface area contributed by atoms with Crippen LogP contribution in [0.1, 0.15) is 15.2 Å². The number of anilines is 1. The van der Waals surface area contributed by atoms with Crippen molar-refractivity contribution in [2.75, 3.05) is 31.1 Å². The number of para-hydroxylation sites is 1. The van der Waals surface area contributed by atoms with Gasteiger partial charge in [-0.1, -0.05) is 47.5 Å². The predicted molar refractivity (Wildman–Crippen MR) is 124 cm³/mol. The number of carbonyl (C=O) groups is 1. The van der Waals surface area contributed by atoms with Gasteiger partial charge in [-0.25, -0.2) is 0 Å². The number of carbonyl (C=O) groups excluding carboxylic acids is 1. The molecule has 0 bridgehead atoms. The van der Waals surface area contributed by atoms with E-state index in [1.165, 1.54) is 20.9 Å². The number of thioether (sulfide) groups is 1. The van der Waals surface area contributed by atoms with Crippen LogP contribution in [0.5, 0.6) is 0 Å². The molecule has 29 heavy (non-hydrogen) atoms. The van der Waals surface area contributed by atoms with Crippen LogP contribution >= 0.6 is 46.3 Å². The molecule has 3 nitrogen and oxygen atoms in total. The molecule has 0 radical (unpaired) electrons. The van der Waals surface area contributed by atoms with Crippen molar-refractivity contribution in [2.24, 2.45) is 0 Å². The van der Waals surface area contributed by atoms with E-state index < -0.39 is 0 Å². The number of hydrogen-bond acceptors (Lipinski definition) is 4. The minimum absolute atomic E-state index is 0.122. The first-order valence-corrected chi connectivity index (χ1v) is 12.0. The largest absolute Gasteiger partial charge is 0.366 e. The van der Waals surface area contributed by atoms with Crippen LogP contribution in [-0.2, 0) is 5.75 Å². The third-order valence-electron chi connectivity index (χ3n) is 5.36. The van der Waals surface area contributed by atoms with Gasteiger partial charge in [-0.05, 0) is 29.8 Å². The summed E-state index contributed by atoms with van der Waals surface area (Å²) in [5.41, 5.74) is 3.38. The van der Waals surface area contributed by atoms with Crippen molar-refractivity contribution in [3.8, 4) is 10.4 Å². The normalized spacial score (nSPS) is 15.8. The van der Waals surface area contributed by atoms with Crippen molar-refractivity contribution in [3.05, 3.63) is 69.0 Å². The Morgan fingerprint density at radius 3 is 2.41 bits per heavy atom. The molecule has 0 saturated carbocycles. The molecule has 7 heteroatoms. The second kappa shape index (κ2) is 7.88. The number of halogens is 2. The van der Waals surface area contributed by atoms with Gasteiger partial charge in [-0.2, -0.15) is 0 Å². The molecule has 148 valence electrons. The van der Waals surface area contributed by atoms with Crippen molar-refractivity contribution in [3.63, 3.8) is 0 Å². The molecule has 2 aliphatic rings. The first kappa shape index (κ1) is 19.3. The van der Waals surface area contributed by atoms with Gasteiger partial charge >= 0.3 is 0 Å². The molecule has 0 atom stereocenters. The van der Waals surface area contributed by atoms with E-state index in [4.69, 9.17) is 23.2 Å². The number of thiophene rings is 1. The van der Waals surface area contributed by atoms with Gasteiger partial charge in [0.15, 0.2) is 0 Å². The van der Waals surface area contributed by atoms with Crippen LogP contribution in [0.2, 0.25) is 10.0 Å². The van der Waals surface area contributed by atoms with Crippen LogP contribution in [-0.4, -0.2) is 37.0 Å². The van der Waals surface area contributed by atoms with E-state index in [0.29, 0.717) is 23.1 Å². The Morgan fingerprint density at radius 2 is 1.66 bits per heavy atom. The van der Waals surface area contributed by atoms with Crippen molar-refractivity contribution < 1.29 is 4.79 Å². The molecule has 1 amide bonds. The van der Waals surface area contributed by atoms with Crippen LogP contribution in [0.4, 0.5) is 5.69 Å². The molecule has 1 saturated heterocycles. The van der Waals surface area contributed by atoms with E-state index in [9.17, 15) is 4.79 Å². The lowest BCUT2D eigenvalue weighted by atomic mass is 10.1. The average Bonchev–Trinajstić information content (AvgIpc) is 3.18. The lowest BCUT2D eigenvalue weighted by molar-refractivity contribution is 0.0751. The lowest BCUT2D eigenvalue weighted by Crippen LogP contribution is -2.48. The van der Waals surface area contributed by atoms with Crippen molar-refractivity contribution in [2.45, 2.75) is 10.6 Å². The van der Waals surface area contributed by atoms with Gasteiger partial charge in [-0.3, -0.25) is 4.79 Å². The van der Waals surface area contributed by atoms with Crippen molar-refractivity contribution in [1.82, 2.24) is 4.90 Å². The van der Waals surface area contributed by atoms with E-state index >= 15 is 0 Å². The second-order valence-corrected chi connectivity index (χ2v) is 9.98. The Bertz CT molecular complexity index is 1070. The molecule has 0 spiro atoms. The van der Waals surface area contributed by atoms with E-state index in [2.05, 4.69) is 35.2 Å². The van der Waals surface area contributed by atoms with Crippen LogP contribution in [0.25, 0.3) is 10.4 Å². The quantitative estimate of drug-likeness (QED) is 0.448. The SMILES string of the molecule is O=C(c1cc2c(s1)-c1ccccc1SC2)N1CCN(c2c(Cl)cccc2Cl)CC1. The zero-order chi connectivity index (χ0) is 20.0. The highest BCUT2D eigenvalue weighted by molar-refractivity contribution is 7.98. The summed E-state index contributed by atoms with van der Waals surface area (Å²) in [6.45, 7) is 2.76. The maximum absolute atomic E-state index is 13.2. The van der Waals surface area contributed by atoms with E-state index in [1.807, 2.05) is 34.9 Å². The molecule has 0 N–H and O–H groups in total. The molecule has 1 aromatic heterocycles. The van der Waals surface area contributed by atoms with Gasteiger partial charge in [0.25, 0.3) is 5.91 Å². The van der Waals surface area contributed by atoms with Gasteiger partial charge in [0, 0.05) is 47.3 Å². The second-order valence-electron chi connectivity index (χ2n) is 7.10. The summed E-state index contributed by atoms with van der Waals surface area (Å²) in [7, 11) is 0. The van der Waals surface area contributed by atoms with Crippen LogP contribution in [0, 0.1) is 0 Å². The minimum Gasteiger partial charge on any atom is -0.366 e. The summed E-state index contributed by atoms with van der Waals surface area (Å²) in [6.07, 6.45) is 0. The summed E-state index contributed by atoms with van der Waals surface area (Å²) in [5.74, 6) is 1.05. The van der Waals surface area contributed by atoms with Gasteiger partial charge in [0.05, 0.1) is 20.6 Å². The molecule has 1 fully saturated rings. The number of benzene rings is 2. The molecule has 3 heterocycles. The summed E-state index contributed by atoms with van der Waals surface area (Å²) < 4.78 is 0. The van der Waals surface area contributed by atoms with Gasteiger partial charge in [0.2, 0.25) is 0 Å². The zero-order valence-corrected chi connectivity index (χ0v) is 18.7. The maximum Gasteiger partial charge on any atom is 0.264 e. The van der Waals surface area contributed by atoms with Crippen LogP contribution in [0.15, 0.2) is 53.4 Å². The number of piperazine rings is 1. The topological polar surface area (TPSA) is 23.6 Å². The van der Waals surface area contributed by atoms with Crippen molar-refractivity contribution in [1.29, 1.82) is 0 Å². The standard InChI is InChI=1S/C22H18Cl2N2OS2/c23-16-5-3-6-17(24)20(16)25-8-10-26(11-9-25)22(27)19-12-14-13-28-18-7-2-1-4-15(18)21(14)29-19/h1-7,12H,8-11,13H2. The summed E-state index contributed by atoms with van der Waals surface area (Å²) in [6, 6.07) is 16.1. The fourth-order valence-electron chi connectivity index (χ4n) is 3.89. The fourth-order valence-corrected chi connectivity index (χ4v) is 6.90. The Kier molecular flexibility index (Phi) is 5.25. The minimum atomic E-state index is 0.122. The van der Waals surface area contributed by atoms with E-state index in [1.54, 1.807) is 11.3 Å².